The van der Waals surface area contributed by atoms with E-state index in [0.717, 1.165) is 0 Å². The number of imide groups is 1. The number of aliphatic hydroxyl groups is 3. The molecule has 4 aliphatic rings. The molecule has 2 aliphatic carbocycles. The van der Waals surface area contributed by atoms with Crippen LogP contribution in [0.3, 0.4) is 0 Å². The molecule has 1 aromatic rings. The van der Waals surface area contributed by atoms with Crippen LogP contribution in [0, 0.1) is 23.7 Å². The number of hydrogen-bond acceptors (Lipinski definition) is 10. The Balaban J connectivity index is 1.33. The smallest absolute Gasteiger partial charge is 0.233 e. The van der Waals surface area contributed by atoms with Gasteiger partial charge in [-0.3, -0.25) is 14.5 Å². The van der Waals surface area contributed by atoms with Crippen molar-refractivity contribution in [3.63, 3.8) is 0 Å². The summed E-state index contributed by atoms with van der Waals surface area (Å²) < 4.78 is 6.82. The summed E-state index contributed by atoms with van der Waals surface area (Å²) in [5.74, 6) is -2.42. The number of carbonyl (C=O) groups is 2. The first-order valence-electron chi connectivity index (χ1n) is 11.9. The van der Waals surface area contributed by atoms with Crippen LogP contribution in [0.2, 0.25) is 0 Å². The van der Waals surface area contributed by atoms with Gasteiger partial charge in [0.15, 0.2) is 6.10 Å². The van der Waals surface area contributed by atoms with Crippen LogP contribution < -0.4 is 0 Å². The first-order chi connectivity index (χ1) is 16.3. The Labute approximate surface area is 196 Å². The molecular weight excluding hydrogens is 446 g/mol. The van der Waals surface area contributed by atoms with Gasteiger partial charge in [-0.25, -0.2) is 4.68 Å². The maximum Gasteiger partial charge on any atom is 0.233 e. The minimum Gasteiger partial charge on any atom is -0.390 e. The van der Waals surface area contributed by atoms with E-state index in [1.54, 1.807) is 24.7 Å². The maximum atomic E-state index is 13.0. The van der Waals surface area contributed by atoms with E-state index in [-0.39, 0.29) is 36.8 Å². The zero-order chi connectivity index (χ0) is 24.1. The molecule has 3 N–H and O–H groups in total. The van der Waals surface area contributed by atoms with Gasteiger partial charge in [-0.05, 0) is 26.7 Å². The molecule has 34 heavy (non-hydrogen) atoms. The predicted molar refractivity (Wildman–Crippen MR) is 115 cm³/mol. The fourth-order valence-corrected chi connectivity index (χ4v) is 5.97. The highest BCUT2D eigenvalue weighted by atomic mass is 16.6. The van der Waals surface area contributed by atoms with E-state index in [4.69, 9.17) is 9.57 Å². The average Bonchev–Trinajstić information content (AvgIpc) is 3.53. The van der Waals surface area contributed by atoms with E-state index >= 15 is 0 Å². The SMILES string of the molecule is CCN1C(=O)[C@H]2[C@H]3[C@H](O)[C@H](O)C/C(=N/O[C@@H](C)c4cn([C@H]5COC[C@H]5O)nn4)[C@@H]3CC[C@@H]2C1=O. The Morgan fingerprint density at radius 2 is 1.94 bits per heavy atom. The summed E-state index contributed by atoms with van der Waals surface area (Å²) in [4.78, 5) is 32.6. The van der Waals surface area contributed by atoms with Crippen molar-refractivity contribution in [3.8, 4) is 0 Å². The van der Waals surface area contributed by atoms with Crippen LogP contribution >= 0.6 is 0 Å². The van der Waals surface area contributed by atoms with Gasteiger partial charge in [0.05, 0.1) is 49.2 Å². The third kappa shape index (κ3) is 3.72. The lowest BCUT2D eigenvalue weighted by atomic mass is 9.60. The molecule has 2 saturated heterocycles. The van der Waals surface area contributed by atoms with Gasteiger partial charge in [0, 0.05) is 24.8 Å². The van der Waals surface area contributed by atoms with E-state index in [0.29, 0.717) is 37.4 Å². The lowest BCUT2D eigenvalue weighted by Gasteiger charge is -2.45. The van der Waals surface area contributed by atoms with Crippen molar-refractivity contribution in [1.29, 1.82) is 0 Å². The van der Waals surface area contributed by atoms with Gasteiger partial charge in [0.1, 0.15) is 17.8 Å². The first-order valence-corrected chi connectivity index (χ1v) is 11.9. The average molecular weight is 478 g/mol. The number of aromatic nitrogens is 3. The summed E-state index contributed by atoms with van der Waals surface area (Å²) >= 11 is 0. The normalized spacial score (nSPS) is 39.9. The Bertz CT molecular complexity index is 983. The number of amides is 2. The summed E-state index contributed by atoms with van der Waals surface area (Å²) in [6, 6.07) is -0.306. The number of carbonyl (C=O) groups excluding carboxylic acids is 2. The largest absolute Gasteiger partial charge is 0.390 e. The standard InChI is InChI=1S/C22H31N5O7/c1-3-26-21(31)12-5-4-11-13(6-16(28)20(30)18(11)19(12)22(26)32)24-34-10(2)14-7-27(25-23-14)15-8-33-9-17(15)29/h7,10-12,15-20,28-30H,3-6,8-9H2,1-2H3/b24-13-/t10-,11-,12-,15-,16+,17+,18-,19+,20+/m0/s1. The lowest BCUT2D eigenvalue weighted by molar-refractivity contribution is -0.141. The Morgan fingerprint density at radius 1 is 1.18 bits per heavy atom. The van der Waals surface area contributed by atoms with Crippen molar-refractivity contribution in [2.45, 2.75) is 63.6 Å². The Kier molecular flexibility index (Phi) is 6.17. The number of fused-ring (bicyclic) bond motifs is 3. The van der Waals surface area contributed by atoms with E-state index in [9.17, 15) is 24.9 Å². The molecule has 12 nitrogen and oxygen atoms in total. The fourth-order valence-electron chi connectivity index (χ4n) is 5.97. The number of oxime groups is 1. The first kappa shape index (κ1) is 23.3. The van der Waals surface area contributed by atoms with Crippen molar-refractivity contribution in [1.82, 2.24) is 19.9 Å². The van der Waals surface area contributed by atoms with Crippen molar-refractivity contribution >= 4 is 17.5 Å². The van der Waals surface area contributed by atoms with Gasteiger partial charge >= 0.3 is 0 Å². The van der Waals surface area contributed by atoms with E-state index < -0.39 is 42.2 Å². The van der Waals surface area contributed by atoms with Gasteiger partial charge in [-0.1, -0.05) is 10.4 Å². The summed E-state index contributed by atoms with van der Waals surface area (Å²) in [5, 5.41) is 43.9. The number of likely N-dealkylation sites (tertiary alicyclic amines) is 1. The van der Waals surface area contributed by atoms with Crippen LogP contribution in [0.25, 0.3) is 0 Å². The molecular formula is C22H31N5O7. The van der Waals surface area contributed by atoms with Crippen LogP contribution in [-0.4, -0.2) is 90.8 Å². The lowest BCUT2D eigenvalue weighted by Crippen LogP contribution is -2.54. The van der Waals surface area contributed by atoms with Crippen LogP contribution in [0.1, 0.15) is 50.9 Å². The van der Waals surface area contributed by atoms with Crippen molar-refractivity contribution in [2.75, 3.05) is 19.8 Å². The zero-order valence-corrected chi connectivity index (χ0v) is 19.2. The molecule has 0 bridgehead atoms. The Hall–Kier alpha value is -2.41. The predicted octanol–water partition coefficient (Wildman–Crippen LogP) is -0.583. The molecule has 4 fully saturated rings. The molecule has 186 valence electrons. The molecule has 5 rings (SSSR count). The molecule has 0 unspecified atom stereocenters. The van der Waals surface area contributed by atoms with Crippen LogP contribution in [-0.2, 0) is 19.2 Å². The van der Waals surface area contributed by atoms with E-state index in [1.807, 2.05) is 0 Å². The van der Waals surface area contributed by atoms with Crippen LogP contribution in [0.15, 0.2) is 11.4 Å². The Morgan fingerprint density at radius 3 is 2.65 bits per heavy atom. The minimum atomic E-state index is -1.11. The molecule has 9 atom stereocenters. The molecule has 2 saturated carbocycles. The second-order valence-corrected chi connectivity index (χ2v) is 9.70. The molecule has 0 radical (unpaired) electrons. The van der Waals surface area contributed by atoms with Crippen molar-refractivity contribution in [3.05, 3.63) is 11.9 Å². The van der Waals surface area contributed by atoms with Crippen molar-refractivity contribution in [2.24, 2.45) is 28.8 Å². The van der Waals surface area contributed by atoms with Crippen LogP contribution in [0.4, 0.5) is 0 Å². The molecule has 0 aromatic carbocycles. The van der Waals surface area contributed by atoms with Gasteiger partial charge in [-0.15, -0.1) is 5.10 Å². The summed E-state index contributed by atoms with van der Waals surface area (Å²) in [7, 11) is 0. The molecule has 1 aromatic heterocycles. The second-order valence-electron chi connectivity index (χ2n) is 9.70. The monoisotopic (exact) mass is 477 g/mol. The highest BCUT2D eigenvalue weighted by Crippen LogP contribution is 2.49. The fraction of sp³-hybridized carbons (Fsp3) is 0.773. The van der Waals surface area contributed by atoms with Gasteiger partial charge in [0.2, 0.25) is 11.8 Å². The number of nitrogens with zero attached hydrogens (tertiary/aromatic N) is 5. The third-order valence-corrected chi connectivity index (χ3v) is 7.82. The van der Waals surface area contributed by atoms with Crippen LogP contribution in [0.5, 0.6) is 0 Å². The van der Waals surface area contributed by atoms with Gasteiger partial charge in [-0.2, -0.15) is 0 Å². The second kappa shape index (κ2) is 8.99. The number of rotatable bonds is 5. The molecule has 2 aliphatic heterocycles. The van der Waals surface area contributed by atoms with E-state index in [2.05, 4.69) is 15.5 Å². The van der Waals surface area contributed by atoms with Gasteiger partial charge < -0.3 is 24.9 Å². The molecule has 0 spiro atoms. The highest BCUT2D eigenvalue weighted by Gasteiger charge is 2.59. The van der Waals surface area contributed by atoms with Gasteiger partial charge in [0.25, 0.3) is 0 Å². The number of ether oxygens (including phenoxy) is 1. The summed E-state index contributed by atoms with van der Waals surface area (Å²) in [5.41, 5.74) is 1.10. The molecule has 2 amide bonds. The van der Waals surface area contributed by atoms with Crippen molar-refractivity contribution < 1.29 is 34.5 Å². The summed E-state index contributed by atoms with van der Waals surface area (Å²) in [6.45, 7) is 4.43. The quantitative estimate of drug-likeness (QED) is 0.372. The van der Waals surface area contributed by atoms with E-state index in [1.165, 1.54) is 4.90 Å². The number of aliphatic hydroxyl groups excluding tert-OH is 3. The molecule has 12 heteroatoms. The third-order valence-electron chi connectivity index (χ3n) is 7.82. The minimum absolute atomic E-state index is 0.129. The maximum absolute atomic E-state index is 13.0. The topological polar surface area (TPSA) is 160 Å². The zero-order valence-electron chi connectivity index (χ0n) is 19.2. The molecule has 3 heterocycles. The number of hydrogen-bond donors (Lipinski definition) is 3. The summed E-state index contributed by atoms with van der Waals surface area (Å²) in [6.07, 6.45) is -0.480. The highest BCUT2D eigenvalue weighted by molar-refractivity contribution is 6.06.